The fraction of sp³-hybridized carbons (Fsp3) is 0.500. The third kappa shape index (κ3) is 3.49. The molecule has 0 atom stereocenters. The van der Waals surface area contributed by atoms with Gasteiger partial charge in [-0.05, 0) is 25.8 Å². The molecule has 0 radical (unpaired) electrons. The lowest BCUT2D eigenvalue weighted by molar-refractivity contribution is 1.20. The van der Waals surface area contributed by atoms with Gasteiger partial charge in [-0.25, -0.2) is 0 Å². The minimum absolute atomic E-state index is 1.08. The van der Waals surface area contributed by atoms with Crippen molar-refractivity contribution in [2.75, 3.05) is 0 Å². The SMILES string of the molecule is CC#C/C(C)=C\CC. The van der Waals surface area contributed by atoms with Crippen LogP contribution in [0.4, 0.5) is 0 Å². The van der Waals surface area contributed by atoms with Gasteiger partial charge in [0.1, 0.15) is 0 Å². The zero-order chi connectivity index (χ0) is 6.41. The highest BCUT2D eigenvalue weighted by molar-refractivity contribution is 5.25. The van der Waals surface area contributed by atoms with Crippen LogP contribution in [0.15, 0.2) is 11.6 Å². The van der Waals surface area contributed by atoms with Crippen LogP contribution in [0.2, 0.25) is 0 Å². The molecule has 0 unspecified atom stereocenters. The summed E-state index contributed by atoms with van der Waals surface area (Å²) in [6.45, 7) is 5.99. The Bertz CT molecular complexity index is 130. The number of allylic oxidation sites excluding steroid dienone is 2. The quantitative estimate of drug-likeness (QED) is 0.452. The van der Waals surface area contributed by atoms with Gasteiger partial charge in [0.2, 0.25) is 0 Å². The van der Waals surface area contributed by atoms with Crippen LogP contribution in [0, 0.1) is 11.8 Å². The average Bonchev–Trinajstić information content (AvgIpc) is 1.68. The maximum absolute atomic E-state index is 2.96. The molecule has 0 aromatic carbocycles. The Morgan fingerprint density at radius 2 is 2.25 bits per heavy atom. The van der Waals surface area contributed by atoms with Gasteiger partial charge in [0.05, 0.1) is 0 Å². The zero-order valence-corrected chi connectivity index (χ0v) is 5.78. The minimum Gasteiger partial charge on any atom is -0.102 e. The highest BCUT2D eigenvalue weighted by Crippen LogP contribution is 1.90. The molecule has 0 N–H and O–H groups in total. The molecule has 44 valence electrons. The molecule has 0 amide bonds. The molecular formula is C8H12. The van der Waals surface area contributed by atoms with E-state index in [4.69, 9.17) is 0 Å². The van der Waals surface area contributed by atoms with Crippen molar-refractivity contribution < 1.29 is 0 Å². The molecule has 0 aromatic rings. The topological polar surface area (TPSA) is 0 Å². The molecule has 0 bridgehead atoms. The van der Waals surface area contributed by atoms with E-state index in [1.54, 1.807) is 0 Å². The van der Waals surface area contributed by atoms with Crippen molar-refractivity contribution >= 4 is 0 Å². The lowest BCUT2D eigenvalue weighted by atomic mass is 10.2. The van der Waals surface area contributed by atoms with Crippen LogP contribution in [-0.4, -0.2) is 0 Å². The van der Waals surface area contributed by atoms with Crippen LogP contribution in [0.25, 0.3) is 0 Å². The van der Waals surface area contributed by atoms with Crippen molar-refractivity contribution in [2.45, 2.75) is 27.2 Å². The summed E-state index contributed by atoms with van der Waals surface area (Å²) >= 11 is 0. The largest absolute Gasteiger partial charge is 0.102 e. The van der Waals surface area contributed by atoms with Crippen LogP contribution in [0.3, 0.4) is 0 Å². The summed E-state index contributed by atoms with van der Waals surface area (Å²) in [7, 11) is 0. The van der Waals surface area contributed by atoms with Crippen LogP contribution < -0.4 is 0 Å². The van der Waals surface area contributed by atoms with Gasteiger partial charge in [0.25, 0.3) is 0 Å². The first-order valence-electron chi connectivity index (χ1n) is 2.90. The van der Waals surface area contributed by atoms with E-state index >= 15 is 0 Å². The van der Waals surface area contributed by atoms with Gasteiger partial charge in [0, 0.05) is 0 Å². The fourth-order valence-corrected chi connectivity index (χ4v) is 0.554. The van der Waals surface area contributed by atoms with Crippen LogP contribution in [0.1, 0.15) is 27.2 Å². The monoisotopic (exact) mass is 108 g/mol. The molecule has 0 saturated carbocycles. The molecule has 0 aliphatic rings. The highest BCUT2D eigenvalue weighted by atomic mass is 13.8. The average molecular weight is 108 g/mol. The van der Waals surface area contributed by atoms with E-state index in [1.165, 1.54) is 5.57 Å². The van der Waals surface area contributed by atoms with Crippen LogP contribution >= 0.6 is 0 Å². The Kier molecular flexibility index (Phi) is 4.07. The molecule has 0 fully saturated rings. The predicted octanol–water partition coefficient (Wildman–Crippen LogP) is 2.37. The zero-order valence-electron chi connectivity index (χ0n) is 5.78. The summed E-state index contributed by atoms with van der Waals surface area (Å²) in [5, 5.41) is 0. The third-order valence-electron chi connectivity index (χ3n) is 0.832. The molecule has 0 rings (SSSR count). The summed E-state index contributed by atoms with van der Waals surface area (Å²) in [5.41, 5.74) is 1.18. The fourth-order valence-electron chi connectivity index (χ4n) is 0.554. The lowest BCUT2D eigenvalue weighted by Crippen LogP contribution is -1.65. The van der Waals surface area contributed by atoms with Crippen molar-refractivity contribution in [2.24, 2.45) is 0 Å². The normalized spacial score (nSPS) is 10.1. The van der Waals surface area contributed by atoms with Gasteiger partial charge in [-0.2, -0.15) is 0 Å². The lowest BCUT2D eigenvalue weighted by Gasteiger charge is -1.81. The van der Waals surface area contributed by atoms with E-state index in [-0.39, 0.29) is 0 Å². The minimum atomic E-state index is 1.08. The molecule has 0 heterocycles. The van der Waals surface area contributed by atoms with Crippen molar-refractivity contribution in [3.8, 4) is 11.8 Å². The molecule has 0 spiro atoms. The second kappa shape index (κ2) is 4.46. The molecule has 0 nitrogen and oxygen atoms in total. The Morgan fingerprint density at radius 1 is 1.62 bits per heavy atom. The molecule has 0 heteroatoms. The van der Waals surface area contributed by atoms with E-state index in [0.717, 1.165) is 6.42 Å². The van der Waals surface area contributed by atoms with E-state index < -0.39 is 0 Å². The van der Waals surface area contributed by atoms with E-state index in [2.05, 4.69) is 24.8 Å². The van der Waals surface area contributed by atoms with Crippen molar-refractivity contribution in [1.29, 1.82) is 0 Å². The molecular weight excluding hydrogens is 96.1 g/mol. The number of hydrogen-bond acceptors (Lipinski definition) is 0. The van der Waals surface area contributed by atoms with E-state index in [0.29, 0.717) is 0 Å². The Labute approximate surface area is 51.6 Å². The summed E-state index contributed by atoms with van der Waals surface area (Å²) in [6, 6.07) is 0. The predicted molar refractivity (Wildman–Crippen MR) is 37.5 cm³/mol. The third-order valence-corrected chi connectivity index (χ3v) is 0.832. The number of rotatable bonds is 1. The van der Waals surface area contributed by atoms with E-state index in [1.807, 2.05) is 13.8 Å². The first-order valence-corrected chi connectivity index (χ1v) is 2.90. The first kappa shape index (κ1) is 7.30. The standard InChI is InChI=1S/C8H12/c1-4-6-8(3)7-5-2/h6H,4H2,1-3H3/b8-6-. The second-order valence-electron chi connectivity index (χ2n) is 1.67. The highest BCUT2D eigenvalue weighted by Gasteiger charge is 1.73. The van der Waals surface area contributed by atoms with Gasteiger partial charge in [-0.15, -0.1) is 5.92 Å². The van der Waals surface area contributed by atoms with E-state index in [9.17, 15) is 0 Å². The Morgan fingerprint density at radius 3 is 2.62 bits per heavy atom. The summed E-state index contributed by atoms with van der Waals surface area (Å²) in [6.07, 6.45) is 3.21. The van der Waals surface area contributed by atoms with Gasteiger partial charge >= 0.3 is 0 Å². The molecule has 0 aliphatic carbocycles. The first-order chi connectivity index (χ1) is 3.81. The summed E-state index contributed by atoms with van der Waals surface area (Å²) in [4.78, 5) is 0. The maximum Gasteiger partial charge on any atom is -0.00234 e. The smallest absolute Gasteiger partial charge is 0.00234 e. The maximum atomic E-state index is 2.96. The summed E-state index contributed by atoms with van der Waals surface area (Å²) < 4.78 is 0. The van der Waals surface area contributed by atoms with Crippen LogP contribution in [-0.2, 0) is 0 Å². The van der Waals surface area contributed by atoms with Crippen molar-refractivity contribution in [3.63, 3.8) is 0 Å². The van der Waals surface area contributed by atoms with Gasteiger partial charge in [-0.3, -0.25) is 0 Å². The van der Waals surface area contributed by atoms with Gasteiger partial charge in [-0.1, -0.05) is 18.9 Å². The van der Waals surface area contributed by atoms with Crippen molar-refractivity contribution in [3.05, 3.63) is 11.6 Å². The number of hydrogen-bond donors (Lipinski definition) is 0. The van der Waals surface area contributed by atoms with Crippen LogP contribution in [0.5, 0.6) is 0 Å². The van der Waals surface area contributed by atoms with Gasteiger partial charge in [0.15, 0.2) is 0 Å². The molecule has 0 saturated heterocycles. The van der Waals surface area contributed by atoms with Gasteiger partial charge < -0.3 is 0 Å². The second-order valence-corrected chi connectivity index (χ2v) is 1.67. The Hall–Kier alpha value is -0.700. The van der Waals surface area contributed by atoms with Crippen molar-refractivity contribution in [1.82, 2.24) is 0 Å². The molecule has 8 heavy (non-hydrogen) atoms. The molecule has 0 aromatic heterocycles. The summed E-state index contributed by atoms with van der Waals surface area (Å²) in [5.74, 6) is 5.79. The Balaban J connectivity index is 3.74. The molecule has 0 aliphatic heterocycles.